The van der Waals surface area contributed by atoms with Crippen molar-refractivity contribution in [2.75, 3.05) is 31.1 Å². The van der Waals surface area contributed by atoms with Gasteiger partial charge in [-0.3, -0.25) is 9.20 Å². The number of aliphatic imine (C=N–C) groups is 1. The molecule has 0 radical (unpaired) electrons. The second-order valence-electron chi connectivity index (χ2n) is 5.62. The number of nitrogens with zero attached hydrogens (tertiary/aromatic N) is 1. The van der Waals surface area contributed by atoms with Crippen LogP contribution in [0.15, 0.2) is 70.6 Å². The summed E-state index contributed by atoms with van der Waals surface area (Å²) in [7, 11) is -0.890. The number of hydrogen-bond acceptors (Lipinski definition) is 3. The summed E-state index contributed by atoms with van der Waals surface area (Å²) in [5.41, 5.74) is 1.11. The summed E-state index contributed by atoms with van der Waals surface area (Å²) in [6.07, 6.45) is 0. The zero-order chi connectivity index (χ0) is 18.5. The summed E-state index contributed by atoms with van der Waals surface area (Å²) >= 11 is 1.82. The van der Waals surface area contributed by atoms with E-state index in [1.165, 1.54) is 4.90 Å². The summed E-state index contributed by atoms with van der Waals surface area (Å²) < 4.78 is 12.2. The summed E-state index contributed by atoms with van der Waals surface area (Å²) in [5, 5.41) is 6.57. The Morgan fingerprint density at radius 1 is 1.04 bits per heavy atom. The molecule has 0 spiro atoms. The Balaban J connectivity index is 0.00000364. The lowest BCUT2D eigenvalue weighted by molar-refractivity contribution is 0.682. The molecule has 0 heterocycles. The van der Waals surface area contributed by atoms with E-state index in [0.717, 1.165) is 30.4 Å². The van der Waals surface area contributed by atoms with E-state index in [-0.39, 0.29) is 24.0 Å². The highest BCUT2D eigenvalue weighted by Crippen LogP contribution is 2.15. The first-order chi connectivity index (χ1) is 12.8. The van der Waals surface area contributed by atoms with Crippen molar-refractivity contribution < 1.29 is 4.21 Å². The van der Waals surface area contributed by atoms with Crippen molar-refractivity contribution in [3.63, 3.8) is 0 Å². The monoisotopic (exact) mass is 517 g/mol. The third kappa shape index (κ3) is 10.8. The summed E-state index contributed by atoms with van der Waals surface area (Å²) in [6.45, 7) is 4.24. The Morgan fingerprint density at radius 2 is 1.70 bits per heavy atom. The Bertz CT molecular complexity index is 684. The van der Waals surface area contributed by atoms with Gasteiger partial charge in [0.15, 0.2) is 5.96 Å². The highest BCUT2D eigenvalue weighted by molar-refractivity contribution is 14.0. The lowest BCUT2D eigenvalue weighted by atomic mass is 10.2. The molecule has 0 aromatic heterocycles. The topological polar surface area (TPSA) is 53.5 Å². The van der Waals surface area contributed by atoms with Gasteiger partial charge in [-0.25, -0.2) is 0 Å². The standard InChI is InChI=1S/C20H27N3OS2.HI/c1-2-21-20(22-13-15-25-19-11-7-4-8-12-19)23-14-16-26(24)17-18-9-5-3-6-10-18;/h3-12H,2,13-17H2,1H3,(H2,21,22,23);1H. The first-order valence-corrected chi connectivity index (χ1v) is 11.3. The smallest absolute Gasteiger partial charge is 0.191 e. The van der Waals surface area contributed by atoms with Crippen molar-refractivity contribution in [2.45, 2.75) is 17.6 Å². The van der Waals surface area contributed by atoms with Crippen LogP contribution in [0.2, 0.25) is 0 Å². The highest BCUT2D eigenvalue weighted by Gasteiger charge is 2.02. The van der Waals surface area contributed by atoms with E-state index >= 15 is 0 Å². The lowest BCUT2D eigenvalue weighted by Crippen LogP contribution is -2.38. The van der Waals surface area contributed by atoms with E-state index in [2.05, 4.69) is 39.9 Å². The maximum atomic E-state index is 12.2. The van der Waals surface area contributed by atoms with Crippen LogP contribution < -0.4 is 10.6 Å². The summed E-state index contributed by atoms with van der Waals surface area (Å²) in [4.78, 5) is 5.80. The number of thioether (sulfide) groups is 1. The third-order valence-corrected chi connectivity index (χ3v) is 5.82. The Kier molecular flexibility index (Phi) is 13.3. The molecule has 4 nitrogen and oxygen atoms in total. The van der Waals surface area contributed by atoms with Gasteiger partial charge in [-0.15, -0.1) is 35.7 Å². The molecule has 2 N–H and O–H groups in total. The Labute approximate surface area is 186 Å². The van der Waals surface area contributed by atoms with E-state index in [1.54, 1.807) is 0 Å². The zero-order valence-corrected chi connectivity index (χ0v) is 19.6. The molecule has 0 saturated heterocycles. The molecule has 0 fully saturated rings. The normalized spacial score (nSPS) is 12.1. The van der Waals surface area contributed by atoms with Gasteiger partial charge in [0.05, 0.1) is 6.54 Å². The minimum Gasteiger partial charge on any atom is -0.357 e. The van der Waals surface area contributed by atoms with Crippen LogP contribution in [0.4, 0.5) is 0 Å². The van der Waals surface area contributed by atoms with E-state index in [1.807, 2.05) is 55.1 Å². The Morgan fingerprint density at radius 3 is 2.37 bits per heavy atom. The van der Waals surface area contributed by atoms with Gasteiger partial charge in [0.1, 0.15) is 0 Å². The molecule has 148 valence electrons. The van der Waals surface area contributed by atoms with E-state index in [4.69, 9.17) is 0 Å². The molecule has 7 heteroatoms. The molecule has 1 atom stereocenters. The fraction of sp³-hybridized carbons (Fsp3) is 0.350. The second kappa shape index (κ2) is 14.9. The SMILES string of the molecule is CCNC(=NCCS(=O)Cc1ccccc1)NCCSc1ccccc1.I. The molecule has 2 rings (SSSR count). The van der Waals surface area contributed by atoms with Crippen LogP contribution in [-0.4, -0.2) is 41.3 Å². The maximum Gasteiger partial charge on any atom is 0.191 e. The van der Waals surface area contributed by atoms with Crippen LogP contribution >= 0.6 is 35.7 Å². The molecule has 1 unspecified atom stereocenters. The van der Waals surface area contributed by atoms with Crippen LogP contribution in [0.1, 0.15) is 12.5 Å². The molecule has 2 aromatic rings. The first-order valence-electron chi connectivity index (χ1n) is 8.87. The molecular formula is C20H28IN3OS2. The van der Waals surface area contributed by atoms with Gasteiger partial charge < -0.3 is 10.6 Å². The van der Waals surface area contributed by atoms with Gasteiger partial charge >= 0.3 is 0 Å². The van der Waals surface area contributed by atoms with Gasteiger partial charge in [0.2, 0.25) is 0 Å². The molecule has 0 bridgehead atoms. The average molecular weight is 518 g/mol. The largest absolute Gasteiger partial charge is 0.357 e. The van der Waals surface area contributed by atoms with Crippen molar-refractivity contribution in [2.24, 2.45) is 4.99 Å². The van der Waals surface area contributed by atoms with Crippen LogP contribution in [0, 0.1) is 0 Å². The van der Waals surface area contributed by atoms with E-state index in [0.29, 0.717) is 18.1 Å². The fourth-order valence-electron chi connectivity index (χ4n) is 2.29. The van der Waals surface area contributed by atoms with Crippen LogP contribution in [0.25, 0.3) is 0 Å². The Hall–Kier alpha value is -1.06. The number of rotatable bonds is 10. The van der Waals surface area contributed by atoms with Crippen molar-refractivity contribution in [1.82, 2.24) is 10.6 Å². The summed E-state index contributed by atoms with van der Waals surface area (Å²) in [6, 6.07) is 20.3. The molecule has 2 aromatic carbocycles. The van der Waals surface area contributed by atoms with Crippen LogP contribution in [-0.2, 0) is 16.6 Å². The number of benzene rings is 2. The van der Waals surface area contributed by atoms with Gasteiger partial charge in [-0.1, -0.05) is 48.5 Å². The van der Waals surface area contributed by atoms with Crippen LogP contribution in [0.3, 0.4) is 0 Å². The maximum absolute atomic E-state index is 12.2. The minimum absolute atomic E-state index is 0. The number of guanidine groups is 1. The van der Waals surface area contributed by atoms with Crippen molar-refractivity contribution in [3.8, 4) is 0 Å². The molecular weight excluding hydrogens is 489 g/mol. The van der Waals surface area contributed by atoms with E-state index < -0.39 is 10.8 Å². The average Bonchev–Trinajstić information content (AvgIpc) is 2.67. The van der Waals surface area contributed by atoms with Gasteiger partial charge in [0, 0.05) is 46.0 Å². The van der Waals surface area contributed by atoms with Gasteiger partial charge in [-0.2, -0.15) is 0 Å². The van der Waals surface area contributed by atoms with Crippen molar-refractivity contribution in [1.29, 1.82) is 0 Å². The second-order valence-corrected chi connectivity index (χ2v) is 8.37. The quantitative estimate of drug-likeness (QED) is 0.165. The van der Waals surface area contributed by atoms with Crippen molar-refractivity contribution in [3.05, 3.63) is 66.2 Å². The summed E-state index contributed by atoms with van der Waals surface area (Å²) in [5.74, 6) is 2.92. The third-order valence-electron chi connectivity index (χ3n) is 3.51. The lowest BCUT2D eigenvalue weighted by Gasteiger charge is -2.11. The minimum atomic E-state index is -0.890. The number of halogens is 1. The molecule has 0 aliphatic heterocycles. The predicted octanol–water partition coefficient (Wildman–Crippen LogP) is 3.90. The number of nitrogens with one attached hydrogen (secondary N) is 2. The van der Waals surface area contributed by atoms with Crippen molar-refractivity contribution >= 4 is 52.5 Å². The van der Waals surface area contributed by atoms with Crippen LogP contribution in [0.5, 0.6) is 0 Å². The highest BCUT2D eigenvalue weighted by atomic mass is 127. The van der Waals surface area contributed by atoms with Gasteiger partial charge in [0.25, 0.3) is 0 Å². The van der Waals surface area contributed by atoms with E-state index in [9.17, 15) is 4.21 Å². The molecule has 27 heavy (non-hydrogen) atoms. The zero-order valence-electron chi connectivity index (χ0n) is 15.6. The fourth-order valence-corrected chi connectivity index (χ4v) is 4.08. The number of hydrogen-bond donors (Lipinski definition) is 2. The molecule has 0 saturated carbocycles. The molecule has 0 aliphatic rings. The first kappa shape index (κ1) is 24.0. The predicted molar refractivity (Wildman–Crippen MR) is 130 cm³/mol. The molecule has 0 aliphatic carbocycles. The van der Waals surface area contributed by atoms with Gasteiger partial charge in [-0.05, 0) is 24.6 Å². The molecule has 0 amide bonds.